The van der Waals surface area contributed by atoms with Gasteiger partial charge in [0.1, 0.15) is 0 Å². The number of thioether (sulfide) groups is 1. The summed E-state index contributed by atoms with van der Waals surface area (Å²) in [4.78, 5) is 1.21. The summed E-state index contributed by atoms with van der Waals surface area (Å²) in [6, 6.07) is 6.89. The van der Waals surface area contributed by atoms with Crippen LogP contribution in [0.15, 0.2) is 34.1 Å². The summed E-state index contributed by atoms with van der Waals surface area (Å²) in [5.74, 6) is 0. The molecule has 0 aliphatic carbocycles. The largest absolute Gasteiger partial charge is 0.324 e. The Kier molecular flexibility index (Phi) is 8.13. The van der Waals surface area contributed by atoms with E-state index in [1.54, 1.807) is 18.2 Å². The fourth-order valence-corrected chi connectivity index (χ4v) is 3.31. The molecule has 0 aromatic heterocycles. The molecule has 0 heterocycles. The molecule has 7 heteroatoms. The van der Waals surface area contributed by atoms with E-state index in [1.807, 2.05) is 26.2 Å². The lowest BCUT2D eigenvalue weighted by Crippen LogP contribution is -2.49. The molecule has 0 amide bonds. The monoisotopic (exact) mass is 338 g/mol. The summed E-state index contributed by atoms with van der Waals surface area (Å²) in [7, 11) is -3.49. The average molecular weight is 339 g/mol. The molecule has 116 valence electrons. The van der Waals surface area contributed by atoms with E-state index < -0.39 is 15.6 Å². The Morgan fingerprint density at radius 3 is 2.40 bits per heavy atom. The molecule has 0 saturated carbocycles. The van der Waals surface area contributed by atoms with E-state index >= 15 is 0 Å². The lowest BCUT2D eigenvalue weighted by Gasteiger charge is -2.26. The van der Waals surface area contributed by atoms with Crippen molar-refractivity contribution < 1.29 is 8.42 Å². The Bertz CT molecular complexity index is 517. The van der Waals surface area contributed by atoms with Crippen LogP contribution in [0.25, 0.3) is 0 Å². The van der Waals surface area contributed by atoms with Gasteiger partial charge in [-0.15, -0.1) is 24.2 Å². The number of hydrogen-bond acceptors (Lipinski definition) is 4. The van der Waals surface area contributed by atoms with Crippen molar-refractivity contribution in [2.45, 2.75) is 42.0 Å². The first-order valence-corrected chi connectivity index (χ1v) is 9.00. The number of rotatable bonds is 7. The van der Waals surface area contributed by atoms with E-state index in [0.717, 1.165) is 17.7 Å². The SMILES string of the molecule is CCC(N)(CC)CNS(=O)(=O)c1cccc(SC)c1.Cl. The van der Waals surface area contributed by atoms with Gasteiger partial charge in [-0.1, -0.05) is 19.9 Å². The second-order valence-electron chi connectivity index (χ2n) is 4.57. The minimum Gasteiger partial charge on any atom is -0.324 e. The smallest absolute Gasteiger partial charge is 0.240 e. The maximum atomic E-state index is 12.2. The number of nitrogens with two attached hydrogens (primary N) is 1. The molecular weight excluding hydrogens is 316 g/mol. The van der Waals surface area contributed by atoms with Gasteiger partial charge >= 0.3 is 0 Å². The van der Waals surface area contributed by atoms with Gasteiger partial charge in [0, 0.05) is 17.0 Å². The number of benzene rings is 1. The molecule has 1 rings (SSSR count). The Morgan fingerprint density at radius 2 is 1.90 bits per heavy atom. The second-order valence-corrected chi connectivity index (χ2v) is 7.22. The van der Waals surface area contributed by atoms with Crippen LogP contribution in [0.2, 0.25) is 0 Å². The highest BCUT2D eigenvalue weighted by atomic mass is 35.5. The molecule has 4 nitrogen and oxygen atoms in total. The van der Waals surface area contributed by atoms with Crippen LogP contribution < -0.4 is 10.5 Å². The molecule has 1 aromatic rings. The summed E-state index contributed by atoms with van der Waals surface area (Å²) in [6.07, 6.45) is 3.38. The minimum absolute atomic E-state index is 0. The highest BCUT2D eigenvalue weighted by molar-refractivity contribution is 7.98. The normalized spacial score (nSPS) is 12.0. The first kappa shape index (κ1) is 19.7. The van der Waals surface area contributed by atoms with Crippen molar-refractivity contribution in [2.24, 2.45) is 5.73 Å². The zero-order valence-corrected chi connectivity index (χ0v) is 14.5. The van der Waals surface area contributed by atoms with Gasteiger partial charge in [0.2, 0.25) is 10.0 Å². The van der Waals surface area contributed by atoms with Crippen molar-refractivity contribution >= 4 is 34.2 Å². The molecule has 3 N–H and O–H groups in total. The van der Waals surface area contributed by atoms with E-state index in [1.165, 1.54) is 11.8 Å². The van der Waals surface area contributed by atoms with Gasteiger partial charge < -0.3 is 5.73 Å². The third kappa shape index (κ3) is 5.26. The lowest BCUT2D eigenvalue weighted by atomic mass is 9.95. The summed E-state index contributed by atoms with van der Waals surface area (Å²) < 4.78 is 27.0. The lowest BCUT2D eigenvalue weighted by molar-refractivity contribution is 0.392. The molecule has 0 atom stereocenters. The second kappa shape index (κ2) is 8.24. The molecular formula is C13H23ClN2O2S2. The van der Waals surface area contributed by atoms with Crippen LogP contribution in [0, 0.1) is 0 Å². The fourth-order valence-electron chi connectivity index (χ4n) is 1.59. The van der Waals surface area contributed by atoms with Crippen molar-refractivity contribution in [3.05, 3.63) is 24.3 Å². The molecule has 0 fully saturated rings. The van der Waals surface area contributed by atoms with E-state index in [-0.39, 0.29) is 23.8 Å². The van der Waals surface area contributed by atoms with Gasteiger partial charge in [-0.3, -0.25) is 0 Å². The van der Waals surface area contributed by atoms with E-state index in [4.69, 9.17) is 5.73 Å². The van der Waals surface area contributed by atoms with Crippen LogP contribution in [0.1, 0.15) is 26.7 Å². The number of hydrogen-bond donors (Lipinski definition) is 2. The Morgan fingerprint density at radius 1 is 1.30 bits per heavy atom. The van der Waals surface area contributed by atoms with Gasteiger partial charge in [-0.05, 0) is 37.3 Å². The van der Waals surface area contributed by atoms with Gasteiger partial charge in [0.25, 0.3) is 0 Å². The molecule has 0 aliphatic heterocycles. The van der Waals surface area contributed by atoms with E-state index in [0.29, 0.717) is 0 Å². The molecule has 0 bridgehead atoms. The van der Waals surface area contributed by atoms with Crippen LogP contribution >= 0.6 is 24.2 Å². The van der Waals surface area contributed by atoms with Crippen molar-refractivity contribution in [3.63, 3.8) is 0 Å². The standard InChI is InChI=1S/C13H22N2O2S2.ClH/c1-4-13(14,5-2)10-15-19(16,17)12-8-6-7-11(9-12)18-3;/h6-9,15H,4-5,10,14H2,1-3H3;1H. The number of sulfonamides is 1. The zero-order chi connectivity index (χ0) is 14.5. The predicted octanol–water partition coefficient (Wildman–Crippen LogP) is 2.63. The van der Waals surface area contributed by atoms with E-state index in [9.17, 15) is 8.42 Å². The molecule has 1 aromatic carbocycles. The first-order chi connectivity index (χ1) is 8.87. The first-order valence-electron chi connectivity index (χ1n) is 6.29. The summed E-state index contributed by atoms with van der Waals surface area (Å²) in [6.45, 7) is 4.18. The molecule has 0 spiro atoms. The van der Waals surface area contributed by atoms with Crippen molar-refractivity contribution in [1.29, 1.82) is 0 Å². The van der Waals surface area contributed by atoms with Crippen LogP contribution in [0.3, 0.4) is 0 Å². The summed E-state index contributed by atoms with van der Waals surface area (Å²) in [5.41, 5.74) is 5.62. The van der Waals surface area contributed by atoms with E-state index in [2.05, 4.69) is 4.72 Å². The third-order valence-electron chi connectivity index (χ3n) is 3.37. The third-order valence-corrected chi connectivity index (χ3v) is 5.50. The van der Waals surface area contributed by atoms with Crippen LogP contribution in [-0.2, 0) is 10.0 Å². The maximum absolute atomic E-state index is 12.2. The van der Waals surface area contributed by atoms with Crippen molar-refractivity contribution in [3.8, 4) is 0 Å². The topological polar surface area (TPSA) is 72.2 Å². The summed E-state index contributed by atoms with van der Waals surface area (Å²) >= 11 is 1.51. The maximum Gasteiger partial charge on any atom is 0.240 e. The van der Waals surface area contributed by atoms with Crippen molar-refractivity contribution in [1.82, 2.24) is 4.72 Å². The molecule has 20 heavy (non-hydrogen) atoms. The highest BCUT2D eigenvalue weighted by Crippen LogP contribution is 2.19. The Balaban J connectivity index is 0.00000361. The minimum atomic E-state index is -3.49. The Labute approximate surface area is 132 Å². The predicted molar refractivity (Wildman–Crippen MR) is 88.2 cm³/mol. The van der Waals surface area contributed by atoms with Crippen LogP contribution in [0.5, 0.6) is 0 Å². The molecule has 0 radical (unpaired) electrons. The van der Waals surface area contributed by atoms with Gasteiger partial charge in [0.15, 0.2) is 0 Å². The van der Waals surface area contributed by atoms with Gasteiger partial charge in [0.05, 0.1) is 4.90 Å². The van der Waals surface area contributed by atoms with Crippen LogP contribution in [0.4, 0.5) is 0 Å². The zero-order valence-electron chi connectivity index (χ0n) is 12.0. The summed E-state index contributed by atoms with van der Waals surface area (Å²) in [5, 5.41) is 0. The molecule has 0 unspecified atom stereocenters. The molecule has 0 aliphatic rings. The number of halogens is 1. The molecule has 0 saturated heterocycles. The highest BCUT2D eigenvalue weighted by Gasteiger charge is 2.24. The fraction of sp³-hybridized carbons (Fsp3) is 0.538. The average Bonchev–Trinajstić information content (AvgIpc) is 2.45. The van der Waals surface area contributed by atoms with Gasteiger partial charge in [-0.25, -0.2) is 13.1 Å². The van der Waals surface area contributed by atoms with Crippen molar-refractivity contribution in [2.75, 3.05) is 12.8 Å². The number of nitrogens with one attached hydrogen (secondary N) is 1. The Hall–Kier alpha value is -0.270. The quantitative estimate of drug-likeness (QED) is 0.750. The van der Waals surface area contributed by atoms with Crippen LogP contribution in [-0.4, -0.2) is 26.8 Å². The van der Waals surface area contributed by atoms with Gasteiger partial charge in [-0.2, -0.15) is 0 Å².